The van der Waals surface area contributed by atoms with Crippen LogP contribution in [0.25, 0.3) is 0 Å². The maximum absolute atomic E-state index is 9.19. The Morgan fingerprint density at radius 2 is 2.28 bits per heavy atom. The van der Waals surface area contributed by atoms with Gasteiger partial charge in [0.05, 0.1) is 11.3 Å². The van der Waals surface area contributed by atoms with Crippen LogP contribution in [0.3, 0.4) is 0 Å². The maximum atomic E-state index is 9.19. The van der Waals surface area contributed by atoms with Crippen LogP contribution in [0.4, 0.5) is 5.69 Å². The Morgan fingerprint density at radius 1 is 1.39 bits per heavy atom. The minimum absolute atomic E-state index is 0.573. The zero-order valence-electron chi connectivity index (χ0n) is 10.2. The Morgan fingerprint density at radius 3 is 3.06 bits per heavy atom. The fraction of sp³-hybridized carbons (Fsp3) is 0.500. The highest BCUT2D eigenvalue weighted by atomic mass is 35.5. The van der Waals surface area contributed by atoms with Crippen LogP contribution in [0.5, 0.6) is 0 Å². The van der Waals surface area contributed by atoms with Crippen LogP contribution in [0.15, 0.2) is 18.2 Å². The number of piperidine rings is 1. The van der Waals surface area contributed by atoms with Crippen molar-refractivity contribution < 1.29 is 0 Å². The second kappa shape index (κ2) is 4.79. The first-order valence-corrected chi connectivity index (χ1v) is 6.83. The van der Waals surface area contributed by atoms with Crippen molar-refractivity contribution >= 4 is 17.3 Å². The van der Waals surface area contributed by atoms with E-state index in [-0.39, 0.29) is 0 Å². The molecule has 0 radical (unpaired) electrons. The van der Waals surface area contributed by atoms with Crippen LogP contribution in [-0.2, 0) is 0 Å². The zero-order chi connectivity index (χ0) is 12.5. The van der Waals surface area contributed by atoms with Crippen molar-refractivity contribution in [2.45, 2.75) is 18.9 Å². The van der Waals surface area contributed by atoms with E-state index in [1.807, 2.05) is 12.1 Å². The van der Waals surface area contributed by atoms with Crippen LogP contribution < -0.4 is 10.2 Å². The Balaban J connectivity index is 1.88. The topological polar surface area (TPSA) is 39.1 Å². The van der Waals surface area contributed by atoms with Gasteiger partial charge in [0.2, 0.25) is 0 Å². The van der Waals surface area contributed by atoms with Crippen LogP contribution >= 0.6 is 11.6 Å². The van der Waals surface area contributed by atoms with Gasteiger partial charge in [0.1, 0.15) is 6.07 Å². The lowest BCUT2D eigenvalue weighted by Gasteiger charge is -2.24. The fourth-order valence-electron chi connectivity index (χ4n) is 3.10. The van der Waals surface area contributed by atoms with Crippen LogP contribution in [0.1, 0.15) is 18.4 Å². The number of rotatable bonds is 1. The molecule has 0 bridgehead atoms. The van der Waals surface area contributed by atoms with Gasteiger partial charge in [-0.05, 0) is 43.5 Å². The second-order valence-electron chi connectivity index (χ2n) is 5.14. The molecule has 18 heavy (non-hydrogen) atoms. The minimum atomic E-state index is 0.573. The number of halogens is 1. The van der Waals surface area contributed by atoms with Gasteiger partial charge in [-0.1, -0.05) is 11.6 Å². The monoisotopic (exact) mass is 261 g/mol. The van der Waals surface area contributed by atoms with E-state index in [1.165, 1.54) is 12.8 Å². The zero-order valence-corrected chi connectivity index (χ0v) is 11.0. The highest BCUT2D eigenvalue weighted by Crippen LogP contribution is 2.32. The Bertz CT molecular complexity index is 480. The summed E-state index contributed by atoms with van der Waals surface area (Å²) in [4.78, 5) is 2.30. The molecule has 0 amide bonds. The summed E-state index contributed by atoms with van der Waals surface area (Å²) in [6.45, 7) is 3.14. The maximum Gasteiger partial charge on any atom is 0.101 e. The minimum Gasteiger partial charge on any atom is -0.369 e. The van der Waals surface area contributed by atoms with E-state index in [0.29, 0.717) is 17.0 Å². The smallest absolute Gasteiger partial charge is 0.101 e. The molecule has 2 aliphatic heterocycles. The van der Waals surface area contributed by atoms with Crippen molar-refractivity contribution in [3.63, 3.8) is 0 Å². The molecule has 1 aromatic rings. The lowest BCUT2D eigenvalue weighted by molar-refractivity contribution is 0.340. The number of hydrogen-bond acceptors (Lipinski definition) is 3. The summed E-state index contributed by atoms with van der Waals surface area (Å²) in [6, 6.07) is 8.34. The molecule has 0 aliphatic carbocycles. The predicted molar refractivity (Wildman–Crippen MR) is 72.9 cm³/mol. The van der Waals surface area contributed by atoms with Crippen molar-refractivity contribution in [2.75, 3.05) is 24.5 Å². The third-order valence-corrected chi connectivity index (χ3v) is 4.26. The number of nitrogens with one attached hydrogen (secondary N) is 1. The first-order valence-electron chi connectivity index (χ1n) is 6.46. The van der Waals surface area contributed by atoms with Gasteiger partial charge in [0, 0.05) is 24.2 Å². The predicted octanol–water partition coefficient (Wildman–Crippen LogP) is 2.40. The number of nitriles is 1. The molecule has 2 unspecified atom stereocenters. The highest BCUT2D eigenvalue weighted by Gasteiger charge is 2.34. The largest absolute Gasteiger partial charge is 0.369 e. The van der Waals surface area contributed by atoms with Gasteiger partial charge in [-0.15, -0.1) is 0 Å². The average molecular weight is 262 g/mol. The summed E-state index contributed by atoms with van der Waals surface area (Å²) in [7, 11) is 0. The number of hydrogen-bond donors (Lipinski definition) is 1. The Kier molecular flexibility index (Phi) is 3.15. The Labute approximate surface area is 112 Å². The molecule has 94 valence electrons. The molecule has 2 fully saturated rings. The molecule has 0 spiro atoms. The molecule has 2 aliphatic rings. The number of nitrogens with zero attached hydrogens (tertiary/aromatic N) is 2. The van der Waals surface area contributed by atoms with E-state index in [4.69, 9.17) is 11.6 Å². The SMILES string of the molecule is N#Cc1ccc(Cl)cc1N1CC2CCCNC2C1. The number of fused-ring (bicyclic) bond motifs is 1. The first-order chi connectivity index (χ1) is 8.78. The van der Waals surface area contributed by atoms with Crippen molar-refractivity contribution in [1.29, 1.82) is 5.26 Å². The van der Waals surface area contributed by atoms with Gasteiger partial charge in [0.15, 0.2) is 0 Å². The van der Waals surface area contributed by atoms with E-state index in [1.54, 1.807) is 6.07 Å². The van der Waals surface area contributed by atoms with Crippen LogP contribution in [0, 0.1) is 17.2 Å². The summed E-state index contributed by atoms with van der Waals surface area (Å²) in [5, 5.41) is 13.5. The quantitative estimate of drug-likeness (QED) is 0.844. The van der Waals surface area contributed by atoms with Gasteiger partial charge >= 0.3 is 0 Å². The van der Waals surface area contributed by atoms with Crippen LogP contribution in [0.2, 0.25) is 5.02 Å². The molecule has 0 aromatic heterocycles. The van der Waals surface area contributed by atoms with Crippen molar-refractivity contribution in [2.24, 2.45) is 5.92 Å². The van der Waals surface area contributed by atoms with Crippen LogP contribution in [-0.4, -0.2) is 25.7 Å². The molecule has 3 nitrogen and oxygen atoms in total. The Hall–Kier alpha value is -1.24. The summed E-state index contributed by atoms with van der Waals surface area (Å²) < 4.78 is 0. The first kappa shape index (κ1) is 11.8. The van der Waals surface area contributed by atoms with Gasteiger partial charge in [-0.25, -0.2) is 0 Å². The number of benzene rings is 1. The van der Waals surface area contributed by atoms with Gasteiger partial charge < -0.3 is 10.2 Å². The molecule has 4 heteroatoms. The molecule has 2 saturated heterocycles. The molecule has 0 saturated carbocycles. The molecular weight excluding hydrogens is 246 g/mol. The van der Waals surface area contributed by atoms with E-state index in [0.717, 1.165) is 30.9 Å². The molecule has 2 atom stereocenters. The van der Waals surface area contributed by atoms with Gasteiger partial charge in [-0.2, -0.15) is 5.26 Å². The molecule has 3 rings (SSSR count). The molecular formula is C14H16ClN3. The lowest BCUT2D eigenvalue weighted by Crippen LogP contribution is -2.40. The third kappa shape index (κ3) is 2.07. The van der Waals surface area contributed by atoms with E-state index in [2.05, 4.69) is 16.3 Å². The van der Waals surface area contributed by atoms with Crippen molar-refractivity contribution in [3.8, 4) is 6.07 Å². The summed E-state index contributed by atoms with van der Waals surface area (Å²) in [6.07, 6.45) is 2.55. The lowest BCUT2D eigenvalue weighted by atomic mass is 9.94. The summed E-state index contributed by atoms with van der Waals surface area (Å²) in [5.41, 5.74) is 1.71. The number of anilines is 1. The van der Waals surface area contributed by atoms with Crippen molar-refractivity contribution in [1.82, 2.24) is 5.32 Å². The second-order valence-corrected chi connectivity index (χ2v) is 5.58. The highest BCUT2D eigenvalue weighted by molar-refractivity contribution is 6.30. The molecule has 1 N–H and O–H groups in total. The normalized spacial score (nSPS) is 26.8. The van der Waals surface area contributed by atoms with Crippen molar-refractivity contribution in [3.05, 3.63) is 28.8 Å². The van der Waals surface area contributed by atoms with E-state index >= 15 is 0 Å². The van der Waals surface area contributed by atoms with E-state index in [9.17, 15) is 5.26 Å². The van der Waals surface area contributed by atoms with Gasteiger partial charge in [-0.3, -0.25) is 0 Å². The average Bonchev–Trinajstić information content (AvgIpc) is 2.82. The van der Waals surface area contributed by atoms with E-state index < -0.39 is 0 Å². The molecule has 2 heterocycles. The van der Waals surface area contributed by atoms with Gasteiger partial charge in [0.25, 0.3) is 0 Å². The fourth-order valence-corrected chi connectivity index (χ4v) is 3.27. The molecule has 1 aromatic carbocycles. The summed E-state index contributed by atoms with van der Waals surface area (Å²) in [5.74, 6) is 0.712. The summed E-state index contributed by atoms with van der Waals surface area (Å²) >= 11 is 6.05. The third-order valence-electron chi connectivity index (χ3n) is 4.02. The standard InChI is InChI=1S/C14H16ClN3/c15-12-4-3-10(7-16)14(6-12)18-8-11-2-1-5-17-13(11)9-18/h3-4,6,11,13,17H,1-2,5,8-9H2.